The molecule has 0 aliphatic carbocycles. The molecule has 1 atom stereocenters. The number of hydrogen-bond donors (Lipinski definition) is 1. The molecule has 37 heavy (non-hydrogen) atoms. The number of nitrogens with one attached hydrogen (secondary N) is 1. The molecular weight excluding hydrogens is 541 g/mol. The highest BCUT2D eigenvalue weighted by Gasteiger charge is 2.31. The molecule has 2 rings (SSSR count). The Morgan fingerprint density at radius 1 is 1.00 bits per heavy atom. The highest BCUT2D eigenvalue weighted by atomic mass is 35.5. The number of methoxy groups -OCH3 is 2. The molecule has 0 aliphatic rings. The number of nitrogens with zero attached hydrogens (tertiary/aromatic N) is 2. The van der Waals surface area contributed by atoms with Crippen molar-refractivity contribution in [2.45, 2.75) is 33.4 Å². The van der Waals surface area contributed by atoms with E-state index in [1.807, 2.05) is 13.8 Å². The smallest absolute Gasteiger partial charge is 0.244 e. The summed E-state index contributed by atoms with van der Waals surface area (Å²) in [5, 5.41) is 3.47. The van der Waals surface area contributed by atoms with Gasteiger partial charge in [-0.1, -0.05) is 43.1 Å². The van der Waals surface area contributed by atoms with Crippen molar-refractivity contribution >= 4 is 50.7 Å². The van der Waals surface area contributed by atoms with Gasteiger partial charge in [-0.05, 0) is 42.7 Å². The predicted molar refractivity (Wildman–Crippen MR) is 146 cm³/mol. The number of carbonyl (C=O) groups excluding carboxylic acids is 2. The molecule has 1 unspecified atom stereocenters. The average Bonchev–Trinajstić information content (AvgIpc) is 2.84. The summed E-state index contributed by atoms with van der Waals surface area (Å²) in [5.41, 5.74) is 0.782. The van der Waals surface area contributed by atoms with Crippen molar-refractivity contribution in [1.29, 1.82) is 0 Å². The zero-order chi connectivity index (χ0) is 27.9. The molecule has 2 aromatic carbocycles. The van der Waals surface area contributed by atoms with Crippen LogP contribution in [-0.4, -0.2) is 64.7 Å². The predicted octanol–water partition coefficient (Wildman–Crippen LogP) is 3.97. The van der Waals surface area contributed by atoms with Gasteiger partial charge in [0.15, 0.2) is 0 Å². The van der Waals surface area contributed by atoms with Crippen LogP contribution in [0, 0.1) is 5.92 Å². The van der Waals surface area contributed by atoms with Crippen LogP contribution >= 0.6 is 23.2 Å². The van der Waals surface area contributed by atoms with Crippen LogP contribution in [0.1, 0.15) is 26.3 Å². The van der Waals surface area contributed by atoms with Crippen molar-refractivity contribution < 1.29 is 27.5 Å². The second-order valence-corrected chi connectivity index (χ2v) is 11.6. The molecule has 9 nitrogen and oxygen atoms in total. The molecule has 0 saturated heterocycles. The van der Waals surface area contributed by atoms with Crippen molar-refractivity contribution in [2.24, 2.45) is 5.92 Å². The molecule has 0 bridgehead atoms. The third-order valence-electron chi connectivity index (χ3n) is 5.52. The fourth-order valence-electron chi connectivity index (χ4n) is 3.46. The van der Waals surface area contributed by atoms with Gasteiger partial charge >= 0.3 is 0 Å². The van der Waals surface area contributed by atoms with Gasteiger partial charge < -0.3 is 19.7 Å². The van der Waals surface area contributed by atoms with Gasteiger partial charge in [0.1, 0.15) is 24.1 Å². The molecular formula is C25H33Cl2N3O6S. The number of ether oxygens (including phenoxy) is 2. The van der Waals surface area contributed by atoms with Crippen LogP contribution in [0.15, 0.2) is 36.4 Å². The molecule has 2 aromatic rings. The first-order valence-electron chi connectivity index (χ1n) is 11.5. The second kappa shape index (κ2) is 13.2. The van der Waals surface area contributed by atoms with Crippen molar-refractivity contribution in [3.8, 4) is 11.5 Å². The van der Waals surface area contributed by atoms with Crippen LogP contribution in [0.2, 0.25) is 10.0 Å². The van der Waals surface area contributed by atoms with E-state index < -0.39 is 28.5 Å². The van der Waals surface area contributed by atoms with Crippen LogP contribution in [-0.2, 0) is 26.2 Å². The monoisotopic (exact) mass is 573 g/mol. The molecule has 1 N–H and O–H groups in total. The standard InChI is InChI=1S/C25H33Cl2N3O6S/c1-16(2)13-28-25(32)17(3)29(14-18-7-9-20(26)21(27)11-18)24(31)15-30(37(6,33)34)22-10-8-19(35-4)12-23(22)36-5/h7-12,16-17H,13-15H2,1-6H3,(H,28,32). The van der Waals surface area contributed by atoms with E-state index in [0.717, 1.165) is 10.6 Å². The van der Waals surface area contributed by atoms with E-state index in [4.69, 9.17) is 32.7 Å². The quantitative estimate of drug-likeness (QED) is 0.412. The summed E-state index contributed by atoms with van der Waals surface area (Å²) in [5.74, 6) is -0.0938. The number of rotatable bonds is 12. The lowest BCUT2D eigenvalue weighted by atomic mass is 10.1. The van der Waals surface area contributed by atoms with Crippen LogP contribution in [0.25, 0.3) is 0 Å². The first-order valence-corrected chi connectivity index (χ1v) is 14.1. The third-order valence-corrected chi connectivity index (χ3v) is 7.39. The zero-order valence-electron chi connectivity index (χ0n) is 21.7. The topological polar surface area (TPSA) is 105 Å². The summed E-state index contributed by atoms with van der Waals surface area (Å²) in [4.78, 5) is 27.9. The lowest BCUT2D eigenvalue weighted by molar-refractivity contribution is -0.139. The molecule has 0 radical (unpaired) electrons. The number of sulfonamides is 1. The lowest BCUT2D eigenvalue weighted by Crippen LogP contribution is -2.51. The maximum Gasteiger partial charge on any atom is 0.244 e. The summed E-state index contributed by atoms with van der Waals surface area (Å²) in [7, 11) is -1.07. The summed E-state index contributed by atoms with van der Waals surface area (Å²) >= 11 is 12.2. The number of amides is 2. The van der Waals surface area contributed by atoms with Gasteiger partial charge in [0.25, 0.3) is 0 Å². The van der Waals surface area contributed by atoms with Crippen molar-refractivity contribution in [2.75, 3.05) is 37.9 Å². The number of benzene rings is 2. The zero-order valence-corrected chi connectivity index (χ0v) is 24.1. The van der Waals surface area contributed by atoms with Crippen LogP contribution in [0.3, 0.4) is 0 Å². The number of carbonyl (C=O) groups is 2. The number of halogens is 2. The Balaban J connectivity index is 2.46. The van der Waals surface area contributed by atoms with E-state index in [1.54, 1.807) is 31.2 Å². The Kier molecular flexibility index (Phi) is 10.9. The van der Waals surface area contributed by atoms with Crippen LogP contribution < -0.4 is 19.1 Å². The second-order valence-electron chi connectivity index (χ2n) is 8.89. The highest BCUT2D eigenvalue weighted by molar-refractivity contribution is 7.92. The Bertz CT molecular complexity index is 1220. The fourth-order valence-corrected chi connectivity index (χ4v) is 4.63. The normalized spacial score (nSPS) is 12.1. The van der Waals surface area contributed by atoms with Crippen molar-refractivity contribution in [1.82, 2.24) is 10.2 Å². The van der Waals surface area contributed by atoms with E-state index in [1.165, 1.54) is 31.3 Å². The minimum Gasteiger partial charge on any atom is -0.497 e. The van der Waals surface area contributed by atoms with Gasteiger partial charge in [-0.2, -0.15) is 0 Å². The van der Waals surface area contributed by atoms with E-state index in [-0.39, 0.29) is 29.8 Å². The Morgan fingerprint density at radius 3 is 2.22 bits per heavy atom. The average molecular weight is 575 g/mol. The van der Waals surface area contributed by atoms with Crippen molar-refractivity contribution in [3.05, 3.63) is 52.0 Å². The van der Waals surface area contributed by atoms with E-state index >= 15 is 0 Å². The van der Waals surface area contributed by atoms with Gasteiger partial charge in [0.2, 0.25) is 21.8 Å². The van der Waals surface area contributed by atoms with Gasteiger partial charge in [-0.15, -0.1) is 0 Å². The fraction of sp³-hybridized carbons (Fsp3) is 0.440. The minimum absolute atomic E-state index is 0.00331. The lowest BCUT2D eigenvalue weighted by Gasteiger charge is -2.32. The van der Waals surface area contributed by atoms with E-state index in [2.05, 4.69) is 5.32 Å². The van der Waals surface area contributed by atoms with Gasteiger partial charge in [-0.3, -0.25) is 13.9 Å². The Morgan fingerprint density at radius 2 is 1.68 bits per heavy atom. The molecule has 0 fully saturated rings. The molecule has 204 valence electrons. The molecule has 0 spiro atoms. The largest absolute Gasteiger partial charge is 0.497 e. The molecule has 0 aliphatic heterocycles. The molecule has 0 heterocycles. The Labute approximate surface area is 228 Å². The summed E-state index contributed by atoms with van der Waals surface area (Å²) < 4.78 is 37.1. The summed E-state index contributed by atoms with van der Waals surface area (Å²) in [6, 6.07) is 8.56. The van der Waals surface area contributed by atoms with E-state index in [0.29, 0.717) is 27.9 Å². The summed E-state index contributed by atoms with van der Waals surface area (Å²) in [6.07, 6.45) is 0.992. The van der Waals surface area contributed by atoms with Crippen molar-refractivity contribution in [3.63, 3.8) is 0 Å². The van der Waals surface area contributed by atoms with Gasteiger partial charge in [0, 0.05) is 19.2 Å². The SMILES string of the molecule is COc1ccc(N(CC(=O)N(Cc2ccc(Cl)c(Cl)c2)C(C)C(=O)NCC(C)C)S(C)(=O)=O)c(OC)c1. The maximum absolute atomic E-state index is 13.7. The molecule has 0 saturated carbocycles. The van der Waals surface area contributed by atoms with Gasteiger partial charge in [-0.25, -0.2) is 8.42 Å². The maximum atomic E-state index is 13.7. The summed E-state index contributed by atoms with van der Waals surface area (Å²) in [6.45, 7) is 5.36. The van der Waals surface area contributed by atoms with Gasteiger partial charge in [0.05, 0.1) is 36.2 Å². The minimum atomic E-state index is -3.93. The number of hydrogen-bond acceptors (Lipinski definition) is 6. The third kappa shape index (κ3) is 8.41. The Hall–Kier alpha value is -2.69. The molecule has 2 amide bonds. The molecule has 12 heteroatoms. The highest BCUT2D eigenvalue weighted by Crippen LogP contribution is 2.34. The van der Waals surface area contributed by atoms with Crippen LogP contribution in [0.5, 0.6) is 11.5 Å². The van der Waals surface area contributed by atoms with E-state index in [9.17, 15) is 18.0 Å². The molecule has 0 aromatic heterocycles. The van der Waals surface area contributed by atoms with Crippen LogP contribution in [0.4, 0.5) is 5.69 Å². The number of anilines is 1. The first kappa shape index (κ1) is 30.5. The first-order chi connectivity index (χ1) is 17.3.